The zero-order chi connectivity index (χ0) is 33.4. The highest BCUT2D eigenvalue weighted by Gasteiger charge is 2.65. The third kappa shape index (κ3) is 6.67. The van der Waals surface area contributed by atoms with Crippen LogP contribution in [0.5, 0.6) is 0 Å². The molecule has 0 radical (unpaired) electrons. The van der Waals surface area contributed by atoms with E-state index in [0.29, 0.717) is 36.0 Å². The summed E-state index contributed by atoms with van der Waals surface area (Å²) in [5, 5.41) is 7.71. The van der Waals surface area contributed by atoms with Gasteiger partial charge in [0.1, 0.15) is 24.5 Å². The molecule has 3 aliphatic heterocycles. The molecule has 0 saturated carbocycles. The Morgan fingerprint density at radius 2 is 1.87 bits per heavy atom. The van der Waals surface area contributed by atoms with Crippen molar-refractivity contribution in [3.63, 3.8) is 0 Å². The smallest absolute Gasteiger partial charge is 0.262 e. The second-order valence-corrected chi connectivity index (χ2v) is 20.6. The third-order valence-electron chi connectivity index (χ3n) is 9.42. The highest BCUT2D eigenvalue weighted by atomic mass is 35.5. The first-order valence-electron chi connectivity index (χ1n) is 16.2. The van der Waals surface area contributed by atoms with Crippen molar-refractivity contribution in [1.29, 1.82) is 0 Å². The summed E-state index contributed by atoms with van der Waals surface area (Å²) in [6.45, 7) is 15.7. The number of benzene rings is 2. The summed E-state index contributed by atoms with van der Waals surface area (Å²) in [5.74, 6) is 0.280. The molecule has 2 aromatic carbocycles. The molecule has 0 unspecified atom stereocenters. The largest absolute Gasteiger partial charge is 0.361 e. The molecule has 0 aliphatic carbocycles. The van der Waals surface area contributed by atoms with E-state index in [1.54, 1.807) is 9.91 Å². The Morgan fingerprint density at radius 1 is 1.13 bits per heavy atom. The maximum atomic E-state index is 15.3. The number of piperidine rings is 1. The number of nitrogens with zero attached hydrogens (tertiary/aromatic N) is 5. The lowest BCUT2D eigenvalue weighted by molar-refractivity contribution is -0.136. The highest BCUT2D eigenvalue weighted by molar-refractivity contribution is 6.76. The summed E-state index contributed by atoms with van der Waals surface area (Å²) in [7, 11) is 2.70. The SMILES string of the molecule is C=C(CC)[C@H]1N2CC(=O)N(CCCN(C)C)N=C2C[C@@H](c2cccc(Cl)c2)[C@]12C(=O)N(COCC[Si](C)(C)C)c1cc(Cl)ccc12. The monoisotopic (exact) mass is 683 g/mol. The van der Waals surface area contributed by atoms with Gasteiger partial charge >= 0.3 is 0 Å². The van der Waals surface area contributed by atoms with Gasteiger partial charge in [-0.2, -0.15) is 5.10 Å². The van der Waals surface area contributed by atoms with Gasteiger partial charge in [-0.25, -0.2) is 5.01 Å². The molecule has 2 amide bonds. The molecule has 2 aromatic rings. The van der Waals surface area contributed by atoms with Crippen LogP contribution in [0, 0.1) is 0 Å². The minimum Gasteiger partial charge on any atom is -0.361 e. The predicted octanol–water partition coefficient (Wildman–Crippen LogP) is 6.82. The summed E-state index contributed by atoms with van der Waals surface area (Å²) >= 11 is 13.2. The molecule has 11 heteroatoms. The van der Waals surface area contributed by atoms with Crippen molar-refractivity contribution in [1.82, 2.24) is 14.8 Å². The number of carbonyl (C=O) groups is 2. The Morgan fingerprint density at radius 3 is 2.54 bits per heavy atom. The van der Waals surface area contributed by atoms with Gasteiger partial charge in [0.05, 0.1) is 11.7 Å². The number of hydrogen-bond donors (Lipinski definition) is 0. The van der Waals surface area contributed by atoms with E-state index in [9.17, 15) is 4.79 Å². The molecule has 1 saturated heterocycles. The lowest BCUT2D eigenvalue weighted by atomic mass is 9.58. The van der Waals surface area contributed by atoms with Crippen molar-refractivity contribution in [2.45, 2.75) is 69.2 Å². The van der Waals surface area contributed by atoms with E-state index in [0.717, 1.165) is 47.2 Å². The van der Waals surface area contributed by atoms with Crippen LogP contribution in [0.2, 0.25) is 35.7 Å². The minimum absolute atomic E-state index is 0.0812. The Labute approximate surface area is 285 Å². The molecule has 1 spiro atoms. The fourth-order valence-corrected chi connectivity index (χ4v) is 8.21. The molecule has 0 bridgehead atoms. The predicted molar refractivity (Wildman–Crippen MR) is 191 cm³/mol. The maximum Gasteiger partial charge on any atom is 0.262 e. The van der Waals surface area contributed by atoms with Crippen molar-refractivity contribution >= 4 is 54.6 Å². The van der Waals surface area contributed by atoms with E-state index in [-0.39, 0.29) is 31.0 Å². The molecule has 248 valence electrons. The molecule has 0 N–H and O–H groups in total. The summed E-state index contributed by atoms with van der Waals surface area (Å²) in [6, 6.07) is 13.9. The van der Waals surface area contributed by atoms with Crippen molar-refractivity contribution in [2.24, 2.45) is 5.10 Å². The second-order valence-electron chi connectivity index (χ2n) is 14.2. The van der Waals surface area contributed by atoms with Crippen LogP contribution in [0.15, 0.2) is 59.7 Å². The molecule has 8 nitrogen and oxygen atoms in total. The van der Waals surface area contributed by atoms with Gasteiger partial charge in [-0.1, -0.05) is 80.1 Å². The number of carbonyl (C=O) groups excluding carboxylic acids is 2. The van der Waals surface area contributed by atoms with Crippen LogP contribution in [0.25, 0.3) is 0 Å². The molecule has 5 rings (SSSR count). The number of amidine groups is 1. The van der Waals surface area contributed by atoms with Gasteiger partial charge in [-0.3, -0.25) is 14.5 Å². The molecule has 1 fully saturated rings. The Balaban J connectivity index is 1.67. The standard InChI is InChI=1S/C35H47Cl2N5O3Si/c1-8-24(2)33-35(28-14-13-27(37)20-30(28)41(34(35)44)23-45-17-18-46(5,6)7)29(25-11-9-12-26(36)19-25)21-31-38-42(16-10-15-39(3)4)32(43)22-40(31)33/h9,11-14,19-20,29,33H,2,8,10,15-18,21-23H2,1,3-7H3/t29-,33+,35-/m0/s1. The Bertz CT molecular complexity index is 1530. The second kappa shape index (κ2) is 13.8. The van der Waals surface area contributed by atoms with Crippen LogP contribution in [0.3, 0.4) is 0 Å². The van der Waals surface area contributed by atoms with Gasteiger partial charge in [0.25, 0.3) is 5.91 Å². The van der Waals surface area contributed by atoms with Gasteiger partial charge in [0.15, 0.2) is 0 Å². The van der Waals surface area contributed by atoms with Gasteiger partial charge in [0.2, 0.25) is 5.91 Å². The first-order chi connectivity index (χ1) is 21.8. The number of ether oxygens (including phenoxy) is 1. The zero-order valence-electron chi connectivity index (χ0n) is 28.0. The normalized spacial score (nSPS) is 22.9. The lowest BCUT2D eigenvalue weighted by Gasteiger charge is -2.54. The van der Waals surface area contributed by atoms with Crippen molar-refractivity contribution < 1.29 is 14.3 Å². The molecule has 0 aromatic heterocycles. The van der Waals surface area contributed by atoms with Crippen LogP contribution >= 0.6 is 23.2 Å². The first kappa shape index (κ1) is 34.6. The van der Waals surface area contributed by atoms with Crippen LogP contribution < -0.4 is 4.90 Å². The van der Waals surface area contributed by atoms with Crippen LogP contribution in [0.1, 0.15) is 43.2 Å². The van der Waals surface area contributed by atoms with Gasteiger partial charge in [-0.15, -0.1) is 0 Å². The summed E-state index contributed by atoms with van der Waals surface area (Å²) in [4.78, 5) is 34.9. The van der Waals surface area contributed by atoms with Crippen molar-refractivity contribution in [3.05, 3.63) is 75.8 Å². The number of anilines is 1. The number of hydrazone groups is 1. The minimum atomic E-state index is -1.34. The van der Waals surface area contributed by atoms with Crippen LogP contribution in [0.4, 0.5) is 5.69 Å². The van der Waals surface area contributed by atoms with E-state index in [2.05, 4.69) is 38.0 Å². The summed E-state index contributed by atoms with van der Waals surface area (Å²) in [5.41, 5.74) is 2.28. The Kier molecular flexibility index (Phi) is 10.4. The van der Waals surface area contributed by atoms with Crippen molar-refractivity contribution in [3.8, 4) is 0 Å². The quantitative estimate of drug-likeness (QED) is 0.140. The molecule has 3 atom stereocenters. The highest BCUT2D eigenvalue weighted by Crippen LogP contribution is 2.59. The molecule has 3 aliphatic rings. The van der Waals surface area contributed by atoms with Gasteiger partial charge in [-0.05, 0) is 74.9 Å². The Hall–Kier alpha value is -2.69. The molecule has 3 heterocycles. The van der Waals surface area contributed by atoms with E-state index in [4.69, 9.17) is 33.0 Å². The van der Waals surface area contributed by atoms with E-state index >= 15 is 4.79 Å². The maximum absolute atomic E-state index is 15.3. The first-order valence-corrected chi connectivity index (χ1v) is 20.7. The average molecular weight is 685 g/mol. The van der Waals surface area contributed by atoms with E-state index < -0.39 is 19.5 Å². The number of fused-ring (bicyclic) bond motifs is 3. The summed E-state index contributed by atoms with van der Waals surface area (Å²) in [6.07, 6.45) is 1.88. The fraction of sp³-hybridized carbons (Fsp3) is 0.514. The molecule has 46 heavy (non-hydrogen) atoms. The topological polar surface area (TPSA) is 68.7 Å². The van der Waals surface area contributed by atoms with E-state index in [1.807, 2.05) is 61.5 Å². The number of halogens is 2. The third-order valence-corrected chi connectivity index (χ3v) is 11.6. The lowest BCUT2D eigenvalue weighted by Crippen LogP contribution is -2.67. The van der Waals surface area contributed by atoms with E-state index in [1.165, 1.54) is 0 Å². The molecular weight excluding hydrogens is 637 g/mol. The summed E-state index contributed by atoms with van der Waals surface area (Å²) < 4.78 is 6.22. The number of hydrogen-bond acceptors (Lipinski definition) is 6. The van der Waals surface area contributed by atoms with Crippen LogP contribution in [-0.4, -0.2) is 93.6 Å². The molecular formula is C35H47Cl2N5O3Si. The number of rotatable bonds is 12. The van der Waals surface area contributed by atoms with Gasteiger partial charge in [0, 0.05) is 43.6 Å². The average Bonchev–Trinajstić information content (AvgIpc) is 3.21. The fourth-order valence-electron chi connectivity index (χ4n) is 7.09. The van der Waals surface area contributed by atoms with Crippen molar-refractivity contribution in [2.75, 3.05) is 52.0 Å². The zero-order valence-corrected chi connectivity index (χ0v) is 30.5. The van der Waals surface area contributed by atoms with Gasteiger partial charge < -0.3 is 14.5 Å². The van der Waals surface area contributed by atoms with Crippen LogP contribution in [-0.2, 0) is 19.7 Å². The number of amides is 2.